The molecule has 12 rings (SSSR count). The molecule has 1 atom stereocenters. The normalized spacial score (nSPS) is 19.6. The minimum absolute atomic E-state index is 0.0490. The second kappa shape index (κ2) is 16.2. The Kier molecular flexibility index (Phi) is 10.7. The van der Waals surface area contributed by atoms with Gasteiger partial charge in [-0.1, -0.05) is 176 Å². The molecule has 73 heavy (non-hydrogen) atoms. The number of rotatable bonds is 4. The van der Waals surface area contributed by atoms with Crippen LogP contribution in [0.2, 0.25) is 0 Å². The third-order valence-corrected chi connectivity index (χ3v) is 19.9. The van der Waals surface area contributed by atoms with Crippen molar-refractivity contribution < 1.29 is 0 Å². The Morgan fingerprint density at radius 3 is 1.62 bits per heavy atom. The third kappa shape index (κ3) is 7.60. The van der Waals surface area contributed by atoms with Gasteiger partial charge in [-0.2, -0.15) is 0 Å². The zero-order chi connectivity index (χ0) is 51.5. The fraction of sp³-hybridized carbons (Fsp3) is 0.391. The van der Waals surface area contributed by atoms with E-state index < -0.39 is 0 Å². The summed E-state index contributed by atoms with van der Waals surface area (Å²) in [6, 6.07) is 45.8. The van der Waals surface area contributed by atoms with E-state index in [9.17, 15) is 0 Å². The quantitative estimate of drug-likeness (QED) is 0.162. The molecule has 4 heteroatoms. The van der Waals surface area contributed by atoms with E-state index in [1.807, 2.05) is 0 Å². The van der Waals surface area contributed by atoms with Gasteiger partial charge in [0.05, 0.1) is 11.4 Å². The SMILES string of the molecule is Cc1cc2c3c(c1)N(c1c(-c4ccccc4)cc(C(C)(C)C)cc1-c1ccccc1)c1c(sc4c1CC(C(C)(C)C)C=C4)B3c1cc3c(cc1N2c1ccc2c(c1)C(C)(C)CCC2(C)C)C(C)(C)CCC3(C)C. The van der Waals surface area contributed by atoms with Crippen LogP contribution in [-0.2, 0) is 33.5 Å². The summed E-state index contributed by atoms with van der Waals surface area (Å²) >= 11 is 2.07. The molecule has 3 aliphatic carbocycles. The molecule has 0 radical (unpaired) electrons. The minimum Gasteiger partial charge on any atom is -0.311 e. The predicted molar refractivity (Wildman–Crippen MR) is 319 cm³/mol. The van der Waals surface area contributed by atoms with Crippen LogP contribution in [0.3, 0.4) is 0 Å². The van der Waals surface area contributed by atoms with Gasteiger partial charge in [0.1, 0.15) is 0 Å². The maximum Gasteiger partial charge on any atom is 0.264 e. The molecule has 0 amide bonds. The van der Waals surface area contributed by atoms with Crippen molar-refractivity contribution in [1.82, 2.24) is 0 Å². The average molecular weight is 977 g/mol. The molecule has 0 saturated carbocycles. The van der Waals surface area contributed by atoms with Crippen LogP contribution < -0.4 is 25.5 Å². The highest BCUT2D eigenvalue weighted by Gasteiger charge is 2.50. The van der Waals surface area contributed by atoms with Gasteiger partial charge in [-0.25, -0.2) is 0 Å². The third-order valence-electron chi connectivity index (χ3n) is 18.6. The zero-order valence-electron chi connectivity index (χ0n) is 46.6. The first kappa shape index (κ1) is 48.4. The Hall–Kier alpha value is -5.58. The molecule has 372 valence electrons. The lowest BCUT2D eigenvalue weighted by molar-refractivity contribution is 0.291. The van der Waals surface area contributed by atoms with Crippen molar-refractivity contribution >= 4 is 74.0 Å². The molecule has 0 fully saturated rings. The number of thiophene rings is 1. The van der Waals surface area contributed by atoms with E-state index in [1.165, 1.54) is 142 Å². The standard InChI is InChI=1S/C69H77BN2S/c1-42-34-57-60-58(35-42)72(61-48(43-22-18-16-19-23-43)37-46(65(5,6)7)38-49(61)44-24-20-17-21-25-44)62-50-36-45(64(2,3)4)26-29-59(50)73-63(62)70(60)55-40-53-54(69(14,15)33-32-68(53,12)13)41-56(55)71(57)47-27-28-51-52(39-47)67(10,11)31-30-66(51,8)9/h16-29,34-35,37-41,45H,30-33,36H2,1-15H3. The molecule has 0 bridgehead atoms. The Morgan fingerprint density at radius 2 is 1.07 bits per heavy atom. The van der Waals surface area contributed by atoms with Crippen LogP contribution in [0, 0.1) is 18.3 Å². The van der Waals surface area contributed by atoms with Gasteiger partial charge in [0.2, 0.25) is 0 Å². The predicted octanol–water partition coefficient (Wildman–Crippen LogP) is 17.7. The van der Waals surface area contributed by atoms with E-state index in [4.69, 9.17) is 0 Å². The summed E-state index contributed by atoms with van der Waals surface area (Å²) in [5.74, 6) is 0.405. The van der Waals surface area contributed by atoms with E-state index in [0.717, 1.165) is 6.42 Å². The first-order valence-electron chi connectivity index (χ1n) is 27.6. The average Bonchev–Trinajstić information content (AvgIpc) is 3.72. The molecule has 2 nitrogen and oxygen atoms in total. The van der Waals surface area contributed by atoms with E-state index in [-0.39, 0.29) is 39.2 Å². The number of allylic oxidation sites excluding steroid dienone is 1. The fourth-order valence-electron chi connectivity index (χ4n) is 13.7. The largest absolute Gasteiger partial charge is 0.311 e. The van der Waals surface area contributed by atoms with Gasteiger partial charge in [0, 0.05) is 43.5 Å². The van der Waals surface area contributed by atoms with Crippen molar-refractivity contribution in [2.75, 3.05) is 9.80 Å². The number of aryl methyl sites for hydroxylation is 1. The van der Waals surface area contributed by atoms with E-state index >= 15 is 0 Å². The number of benzene rings is 6. The summed E-state index contributed by atoms with van der Waals surface area (Å²) in [6.07, 6.45) is 10.8. The van der Waals surface area contributed by atoms with Crippen molar-refractivity contribution in [3.8, 4) is 22.3 Å². The molecule has 3 heterocycles. The van der Waals surface area contributed by atoms with Crippen LogP contribution in [0.15, 0.2) is 121 Å². The molecule has 6 aromatic carbocycles. The fourth-order valence-corrected chi connectivity index (χ4v) is 15.1. The van der Waals surface area contributed by atoms with Gasteiger partial charge < -0.3 is 9.80 Å². The summed E-state index contributed by atoms with van der Waals surface area (Å²) in [5, 5.41) is 0. The first-order chi connectivity index (χ1) is 34.3. The number of nitrogens with zero attached hydrogens (tertiary/aromatic N) is 2. The van der Waals surface area contributed by atoms with Gasteiger partial charge in [-0.15, -0.1) is 11.3 Å². The van der Waals surface area contributed by atoms with Gasteiger partial charge in [-0.3, -0.25) is 0 Å². The van der Waals surface area contributed by atoms with E-state index in [2.05, 4.69) is 252 Å². The lowest BCUT2D eigenvalue weighted by Crippen LogP contribution is -2.61. The molecule has 0 spiro atoms. The molecule has 2 aliphatic heterocycles. The Bertz CT molecular complexity index is 3360. The van der Waals surface area contributed by atoms with Gasteiger partial charge in [0.25, 0.3) is 6.71 Å². The molecule has 1 unspecified atom stereocenters. The van der Waals surface area contributed by atoms with Crippen LogP contribution in [0.4, 0.5) is 34.1 Å². The minimum atomic E-state index is -0.0805. The Balaban J connectivity index is 1.24. The molecule has 1 aromatic heterocycles. The van der Waals surface area contributed by atoms with Crippen molar-refractivity contribution in [1.29, 1.82) is 0 Å². The van der Waals surface area contributed by atoms with Crippen LogP contribution in [0.25, 0.3) is 28.3 Å². The van der Waals surface area contributed by atoms with Crippen LogP contribution >= 0.6 is 11.3 Å². The molecule has 0 saturated heterocycles. The Morgan fingerprint density at radius 1 is 0.548 bits per heavy atom. The van der Waals surface area contributed by atoms with Crippen molar-refractivity contribution in [2.24, 2.45) is 11.3 Å². The molecule has 7 aromatic rings. The van der Waals surface area contributed by atoms with Gasteiger partial charge in [-0.05, 0) is 187 Å². The summed E-state index contributed by atoms with van der Waals surface area (Å²) in [4.78, 5) is 6.97. The number of hydrogen-bond acceptors (Lipinski definition) is 3. The first-order valence-corrected chi connectivity index (χ1v) is 28.4. The highest BCUT2D eigenvalue weighted by atomic mass is 32.1. The topological polar surface area (TPSA) is 6.48 Å². The Labute approximate surface area is 443 Å². The van der Waals surface area contributed by atoms with Crippen LogP contribution in [-0.4, -0.2) is 6.71 Å². The van der Waals surface area contributed by atoms with E-state index in [0.29, 0.717) is 5.92 Å². The summed E-state index contributed by atoms with van der Waals surface area (Å²) < 4.78 is 1.47. The maximum absolute atomic E-state index is 2.82. The summed E-state index contributed by atoms with van der Waals surface area (Å²) in [7, 11) is 0. The van der Waals surface area contributed by atoms with Crippen LogP contribution in [0.5, 0.6) is 0 Å². The number of anilines is 6. The van der Waals surface area contributed by atoms with E-state index in [1.54, 1.807) is 0 Å². The zero-order valence-corrected chi connectivity index (χ0v) is 47.4. The number of fused-ring (bicyclic) bond motifs is 8. The molecular weight excluding hydrogens is 900 g/mol. The maximum atomic E-state index is 2.82. The molecule has 0 N–H and O–H groups in total. The van der Waals surface area contributed by atoms with Gasteiger partial charge in [0.15, 0.2) is 0 Å². The molecule has 5 aliphatic rings. The van der Waals surface area contributed by atoms with Crippen molar-refractivity contribution in [2.45, 2.75) is 163 Å². The van der Waals surface area contributed by atoms with Gasteiger partial charge >= 0.3 is 0 Å². The van der Waals surface area contributed by atoms with Crippen molar-refractivity contribution in [3.05, 3.63) is 165 Å². The smallest absolute Gasteiger partial charge is 0.264 e. The monoisotopic (exact) mass is 977 g/mol. The van der Waals surface area contributed by atoms with Crippen molar-refractivity contribution in [3.63, 3.8) is 0 Å². The molecular formula is C69H77BN2S. The lowest BCUT2D eigenvalue weighted by Gasteiger charge is -2.48. The lowest BCUT2D eigenvalue weighted by atomic mass is 9.35. The highest BCUT2D eigenvalue weighted by molar-refractivity contribution is 7.29. The summed E-state index contributed by atoms with van der Waals surface area (Å²) in [6.45, 7) is 36.7. The van der Waals surface area contributed by atoms with Crippen LogP contribution in [0.1, 0.15) is 166 Å². The number of hydrogen-bond donors (Lipinski definition) is 0. The second-order valence-electron chi connectivity index (χ2n) is 27.6. The summed E-state index contributed by atoms with van der Waals surface area (Å²) in [5.41, 5.74) is 26.3. The highest BCUT2D eigenvalue weighted by Crippen LogP contribution is 2.57. The second-order valence-corrected chi connectivity index (χ2v) is 28.7.